The third-order valence-corrected chi connectivity index (χ3v) is 2.78. The van der Waals surface area contributed by atoms with Crippen LogP contribution in [0.25, 0.3) is 0 Å². The van der Waals surface area contributed by atoms with Crippen LogP contribution in [0.1, 0.15) is 13.3 Å². The lowest BCUT2D eigenvalue weighted by Crippen LogP contribution is -2.19. The molecule has 17 heavy (non-hydrogen) atoms. The highest BCUT2D eigenvalue weighted by molar-refractivity contribution is 9.10. The molecule has 0 atom stereocenters. The SMILES string of the molecule is CCCOCC(=O)Nc1c(Cl)cc(F)cc1Br. The van der Waals surface area contributed by atoms with E-state index < -0.39 is 5.82 Å². The van der Waals surface area contributed by atoms with Crippen molar-refractivity contribution in [3.8, 4) is 0 Å². The first-order chi connectivity index (χ1) is 8.04. The summed E-state index contributed by atoms with van der Waals surface area (Å²) in [4.78, 5) is 11.5. The van der Waals surface area contributed by atoms with Crippen LogP contribution in [0.2, 0.25) is 5.02 Å². The number of carbonyl (C=O) groups excluding carboxylic acids is 1. The molecule has 1 amide bonds. The van der Waals surface area contributed by atoms with Gasteiger partial charge in [-0.2, -0.15) is 0 Å². The lowest BCUT2D eigenvalue weighted by molar-refractivity contribution is -0.120. The fourth-order valence-electron chi connectivity index (χ4n) is 1.15. The number of anilines is 1. The Morgan fingerprint density at radius 1 is 1.59 bits per heavy atom. The van der Waals surface area contributed by atoms with Gasteiger partial charge < -0.3 is 10.1 Å². The predicted molar refractivity (Wildman–Crippen MR) is 68.8 cm³/mol. The molecule has 0 saturated carbocycles. The van der Waals surface area contributed by atoms with Gasteiger partial charge in [0.2, 0.25) is 5.91 Å². The maximum Gasteiger partial charge on any atom is 0.250 e. The average Bonchev–Trinajstić information content (AvgIpc) is 2.24. The lowest BCUT2D eigenvalue weighted by atomic mass is 10.3. The van der Waals surface area contributed by atoms with Gasteiger partial charge in [-0.05, 0) is 34.5 Å². The van der Waals surface area contributed by atoms with E-state index >= 15 is 0 Å². The topological polar surface area (TPSA) is 38.3 Å². The van der Waals surface area contributed by atoms with Crippen molar-refractivity contribution in [2.24, 2.45) is 0 Å². The van der Waals surface area contributed by atoms with Gasteiger partial charge in [-0.25, -0.2) is 4.39 Å². The average molecular weight is 325 g/mol. The van der Waals surface area contributed by atoms with E-state index in [1.54, 1.807) is 0 Å². The zero-order valence-corrected chi connectivity index (χ0v) is 11.6. The highest BCUT2D eigenvalue weighted by atomic mass is 79.9. The van der Waals surface area contributed by atoms with E-state index in [0.29, 0.717) is 16.8 Å². The summed E-state index contributed by atoms with van der Waals surface area (Å²) in [5.74, 6) is -0.797. The molecule has 94 valence electrons. The normalized spacial score (nSPS) is 10.4. The summed E-state index contributed by atoms with van der Waals surface area (Å²) in [6, 6.07) is 2.36. The van der Waals surface area contributed by atoms with E-state index in [9.17, 15) is 9.18 Å². The molecule has 0 spiro atoms. The number of benzene rings is 1. The van der Waals surface area contributed by atoms with Crippen molar-refractivity contribution in [3.63, 3.8) is 0 Å². The number of rotatable bonds is 5. The second-order valence-electron chi connectivity index (χ2n) is 3.35. The van der Waals surface area contributed by atoms with Gasteiger partial charge in [0.25, 0.3) is 0 Å². The molecule has 0 fully saturated rings. The van der Waals surface area contributed by atoms with E-state index in [4.69, 9.17) is 16.3 Å². The first kappa shape index (κ1) is 14.4. The molecule has 0 unspecified atom stereocenters. The molecule has 6 heteroatoms. The molecule has 1 aromatic rings. The summed E-state index contributed by atoms with van der Waals surface area (Å²) in [5, 5.41) is 2.69. The van der Waals surface area contributed by atoms with E-state index in [0.717, 1.165) is 12.5 Å². The fraction of sp³-hybridized carbons (Fsp3) is 0.364. The number of ether oxygens (including phenoxy) is 1. The Hall–Kier alpha value is -0.650. The summed E-state index contributed by atoms with van der Waals surface area (Å²) in [6.07, 6.45) is 0.842. The standard InChI is InChI=1S/C11H12BrClFNO2/c1-2-3-17-6-10(16)15-11-8(12)4-7(14)5-9(11)13/h4-5H,2-3,6H2,1H3,(H,15,16). The van der Waals surface area contributed by atoms with Gasteiger partial charge in [-0.3, -0.25) is 4.79 Å². The van der Waals surface area contributed by atoms with E-state index in [-0.39, 0.29) is 17.5 Å². The first-order valence-electron chi connectivity index (χ1n) is 5.06. The zero-order valence-electron chi connectivity index (χ0n) is 9.23. The molecular weight excluding hydrogens is 312 g/mol. The second-order valence-corrected chi connectivity index (χ2v) is 4.61. The minimum absolute atomic E-state index is 0.0476. The molecule has 1 N–H and O–H groups in total. The van der Waals surface area contributed by atoms with Crippen LogP contribution < -0.4 is 5.32 Å². The molecule has 1 rings (SSSR count). The number of hydrogen-bond donors (Lipinski definition) is 1. The van der Waals surface area contributed by atoms with Gasteiger partial charge >= 0.3 is 0 Å². The van der Waals surface area contributed by atoms with Crippen LogP contribution in [0.5, 0.6) is 0 Å². The molecule has 0 aliphatic heterocycles. The monoisotopic (exact) mass is 323 g/mol. The van der Waals surface area contributed by atoms with Crippen LogP contribution in [0, 0.1) is 5.82 Å². The maximum atomic E-state index is 12.9. The van der Waals surface area contributed by atoms with Crippen molar-refractivity contribution >= 4 is 39.1 Å². The van der Waals surface area contributed by atoms with Crippen LogP contribution in [-0.2, 0) is 9.53 Å². The number of halogens is 3. The van der Waals surface area contributed by atoms with Crippen molar-refractivity contribution in [2.45, 2.75) is 13.3 Å². The highest BCUT2D eigenvalue weighted by Crippen LogP contribution is 2.31. The Labute approximate surface area is 112 Å². The molecule has 0 aliphatic carbocycles. The quantitative estimate of drug-likeness (QED) is 0.840. The van der Waals surface area contributed by atoms with Gasteiger partial charge in [0.15, 0.2) is 0 Å². The molecular formula is C11H12BrClFNO2. The van der Waals surface area contributed by atoms with Crippen LogP contribution in [-0.4, -0.2) is 19.1 Å². The summed E-state index contributed by atoms with van der Waals surface area (Å²) in [6.45, 7) is 2.42. The molecule has 0 aliphatic rings. The van der Waals surface area contributed by atoms with Gasteiger partial charge in [0.1, 0.15) is 12.4 Å². The predicted octanol–water partition coefficient (Wildman–Crippen LogP) is 3.61. The molecule has 0 radical (unpaired) electrons. The van der Waals surface area contributed by atoms with Crippen molar-refractivity contribution in [1.82, 2.24) is 0 Å². The van der Waals surface area contributed by atoms with Gasteiger partial charge in [-0.15, -0.1) is 0 Å². The minimum Gasteiger partial charge on any atom is -0.372 e. The highest BCUT2D eigenvalue weighted by Gasteiger charge is 2.11. The zero-order chi connectivity index (χ0) is 12.8. The summed E-state index contributed by atoms with van der Waals surface area (Å²) >= 11 is 8.94. The van der Waals surface area contributed by atoms with E-state index in [2.05, 4.69) is 21.2 Å². The summed E-state index contributed by atoms with van der Waals surface area (Å²) in [5.41, 5.74) is 0.346. The second kappa shape index (κ2) is 6.93. The summed E-state index contributed by atoms with van der Waals surface area (Å²) in [7, 11) is 0. The molecule has 0 heterocycles. The van der Waals surface area contributed by atoms with Crippen molar-refractivity contribution in [1.29, 1.82) is 0 Å². The Kier molecular flexibility index (Phi) is 5.88. The molecule has 0 aromatic heterocycles. The van der Waals surface area contributed by atoms with Crippen molar-refractivity contribution < 1.29 is 13.9 Å². The molecule has 3 nitrogen and oxygen atoms in total. The number of amides is 1. The maximum absolute atomic E-state index is 12.9. The van der Waals surface area contributed by atoms with Gasteiger partial charge in [-0.1, -0.05) is 18.5 Å². The fourth-order valence-corrected chi connectivity index (χ4v) is 2.05. The Morgan fingerprint density at radius 3 is 2.88 bits per heavy atom. The first-order valence-corrected chi connectivity index (χ1v) is 6.23. The minimum atomic E-state index is -0.470. The van der Waals surface area contributed by atoms with Crippen molar-refractivity contribution in [2.75, 3.05) is 18.5 Å². The van der Waals surface area contributed by atoms with Gasteiger partial charge in [0.05, 0.1) is 10.7 Å². The number of carbonyl (C=O) groups is 1. The lowest BCUT2D eigenvalue weighted by Gasteiger charge is -2.09. The van der Waals surface area contributed by atoms with Crippen LogP contribution in [0.15, 0.2) is 16.6 Å². The van der Waals surface area contributed by atoms with Crippen LogP contribution >= 0.6 is 27.5 Å². The van der Waals surface area contributed by atoms with Gasteiger partial charge in [0, 0.05) is 11.1 Å². The van der Waals surface area contributed by atoms with Crippen molar-refractivity contribution in [3.05, 3.63) is 27.4 Å². The third kappa shape index (κ3) is 4.61. The molecule has 0 bridgehead atoms. The molecule has 1 aromatic carbocycles. The smallest absolute Gasteiger partial charge is 0.250 e. The largest absolute Gasteiger partial charge is 0.372 e. The Morgan fingerprint density at radius 2 is 2.29 bits per heavy atom. The van der Waals surface area contributed by atoms with E-state index in [1.807, 2.05) is 6.92 Å². The van der Waals surface area contributed by atoms with Crippen LogP contribution in [0.3, 0.4) is 0 Å². The summed E-state index contributed by atoms with van der Waals surface area (Å²) < 4.78 is 18.4. The number of nitrogens with one attached hydrogen (secondary N) is 1. The Balaban J connectivity index is 2.65. The van der Waals surface area contributed by atoms with Crippen LogP contribution in [0.4, 0.5) is 10.1 Å². The Bertz CT molecular complexity index is 391. The van der Waals surface area contributed by atoms with E-state index in [1.165, 1.54) is 6.07 Å². The number of hydrogen-bond acceptors (Lipinski definition) is 2. The molecule has 0 saturated heterocycles. The third-order valence-electron chi connectivity index (χ3n) is 1.85.